The molecule has 0 aliphatic carbocycles. The number of halogens is 5. The standard InChI is InChI=1S/C17H14ClF4NO2/c1-2-15(25-12-6-3-10(19)4-7-12)16(24)23-11-5-8-14(18)13(9-11)17(20,21)22/h3-9,15H,2H2,1H3,(H,23,24). The summed E-state index contributed by atoms with van der Waals surface area (Å²) in [7, 11) is 0. The molecule has 0 spiro atoms. The highest BCUT2D eigenvalue weighted by molar-refractivity contribution is 6.31. The van der Waals surface area contributed by atoms with Gasteiger partial charge in [0, 0.05) is 5.69 Å². The molecule has 134 valence electrons. The van der Waals surface area contributed by atoms with Crippen LogP contribution >= 0.6 is 11.6 Å². The molecule has 3 nitrogen and oxygen atoms in total. The van der Waals surface area contributed by atoms with Crippen LogP contribution in [0.1, 0.15) is 18.9 Å². The van der Waals surface area contributed by atoms with Crippen LogP contribution in [0.3, 0.4) is 0 Å². The van der Waals surface area contributed by atoms with Crippen molar-refractivity contribution in [2.45, 2.75) is 25.6 Å². The van der Waals surface area contributed by atoms with Gasteiger partial charge in [-0.2, -0.15) is 13.2 Å². The Labute approximate surface area is 146 Å². The van der Waals surface area contributed by atoms with Gasteiger partial charge in [-0.25, -0.2) is 4.39 Å². The summed E-state index contributed by atoms with van der Waals surface area (Å²) >= 11 is 5.54. The number of alkyl halides is 3. The first-order valence-electron chi connectivity index (χ1n) is 7.30. The summed E-state index contributed by atoms with van der Waals surface area (Å²) in [5.74, 6) is -0.802. The Balaban J connectivity index is 2.12. The van der Waals surface area contributed by atoms with E-state index in [1.54, 1.807) is 6.92 Å². The Morgan fingerprint density at radius 3 is 2.40 bits per heavy atom. The summed E-state index contributed by atoms with van der Waals surface area (Å²) in [5, 5.41) is 1.91. The quantitative estimate of drug-likeness (QED) is 0.721. The molecule has 0 heterocycles. The van der Waals surface area contributed by atoms with Crippen molar-refractivity contribution in [3.05, 3.63) is 58.9 Å². The fraction of sp³-hybridized carbons (Fsp3) is 0.235. The zero-order valence-corrected chi connectivity index (χ0v) is 13.8. The number of hydrogen-bond acceptors (Lipinski definition) is 2. The molecule has 0 aromatic heterocycles. The Bertz CT molecular complexity index is 747. The zero-order chi connectivity index (χ0) is 18.6. The molecule has 2 aromatic rings. The summed E-state index contributed by atoms with van der Waals surface area (Å²) in [6.45, 7) is 1.68. The molecule has 0 bridgehead atoms. The van der Waals surface area contributed by atoms with E-state index in [0.29, 0.717) is 0 Å². The number of amides is 1. The van der Waals surface area contributed by atoms with Crippen LogP contribution in [0.4, 0.5) is 23.2 Å². The number of benzene rings is 2. The summed E-state index contributed by atoms with van der Waals surface area (Å²) in [6.07, 6.45) is -5.31. The number of ether oxygens (including phenoxy) is 1. The second-order valence-electron chi connectivity index (χ2n) is 5.15. The number of hydrogen-bond donors (Lipinski definition) is 1. The highest BCUT2D eigenvalue weighted by Crippen LogP contribution is 2.36. The largest absolute Gasteiger partial charge is 0.481 e. The van der Waals surface area contributed by atoms with Crippen LogP contribution < -0.4 is 10.1 Å². The van der Waals surface area contributed by atoms with E-state index in [0.717, 1.165) is 12.1 Å². The third kappa shape index (κ3) is 5.09. The number of rotatable bonds is 5. The van der Waals surface area contributed by atoms with E-state index in [1.165, 1.54) is 30.3 Å². The van der Waals surface area contributed by atoms with E-state index < -0.39 is 34.6 Å². The molecule has 0 fully saturated rings. The van der Waals surface area contributed by atoms with Gasteiger partial charge in [-0.15, -0.1) is 0 Å². The fourth-order valence-electron chi connectivity index (χ4n) is 2.04. The number of carbonyl (C=O) groups excluding carboxylic acids is 1. The van der Waals surface area contributed by atoms with Crippen molar-refractivity contribution >= 4 is 23.2 Å². The van der Waals surface area contributed by atoms with Crippen molar-refractivity contribution in [2.24, 2.45) is 0 Å². The second kappa shape index (κ2) is 7.74. The van der Waals surface area contributed by atoms with Gasteiger partial charge in [-0.1, -0.05) is 18.5 Å². The van der Waals surface area contributed by atoms with E-state index in [9.17, 15) is 22.4 Å². The summed E-state index contributed by atoms with van der Waals surface area (Å²) in [5.41, 5.74) is -1.10. The maximum Gasteiger partial charge on any atom is 0.417 e. The molecule has 0 aliphatic heterocycles. The van der Waals surface area contributed by atoms with Gasteiger partial charge in [0.15, 0.2) is 6.10 Å². The molecule has 2 aromatic carbocycles. The Morgan fingerprint density at radius 2 is 1.84 bits per heavy atom. The topological polar surface area (TPSA) is 38.3 Å². The normalized spacial score (nSPS) is 12.6. The average Bonchev–Trinajstić information content (AvgIpc) is 2.55. The Morgan fingerprint density at radius 1 is 1.20 bits per heavy atom. The van der Waals surface area contributed by atoms with Crippen molar-refractivity contribution in [1.82, 2.24) is 0 Å². The lowest BCUT2D eigenvalue weighted by Gasteiger charge is -2.18. The second-order valence-corrected chi connectivity index (χ2v) is 5.56. The summed E-state index contributed by atoms with van der Waals surface area (Å²) in [4.78, 5) is 12.2. The first-order chi connectivity index (χ1) is 11.7. The molecule has 25 heavy (non-hydrogen) atoms. The highest BCUT2D eigenvalue weighted by atomic mass is 35.5. The Kier molecular flexibility index (Phi) is 5.89. The van der Waals surface area contributed by atoms with Crippen molar-refractivity contribution in [1.29, 1.82) is 0 Å². The number of carbonyl (C=O) groups is 1. The van der Waals surface area contributed by atoms with Gasteiger partial charge in [0.25, 0.3) is 5.91 Å². The number of anilines is 1. The van der Waals surface area contributed by atoms with Gasteiger partial charge in [-0.3, -0.25) is 4.79 Å². The van der Waals surface area contributed by atoms with Crippen LogP contribution in [0, 0.1) is 5.82 Å². The maximum absolute atomic E-state index is 12.9. The third-order valence-electron chi connectivity index (χ3n) is 3.29. The zero-order valence-electron chi connectivity index (χ0n) is 13.0. The van der Waals surface area contributed by atoms with Crippen molar-refractivity contribution in [3.8, 4) is 5.75 Å². The van der Waals surface area contributed by atoms with Crippen molar-refractivity contribution < 1.29 is 27.1 Å². The van der Waals surface area contributed by atoms with Crippen LogP contribution in [0.25, 0.3) is 0 Å². The van der Waals surface area contributed by atoms with Gasteiger partial charge in [0.1, 0.15) is 11.6 Å². The monoisotopic (exact) mass is 375 g/mol. The van der Waals surface area contributed by atoms with E-state index in [1.807, 2.05) is 0 Å². The number of nitrogens with one attached hydrogen (secondary N) is 1. The molecule has 0 saturated heterocycles. The predicted octanol–water partition coefficient (Wildman–Crippen LogP) is 5.29. The molecule has 1 N–H and O–H groups in total. The molecule has 1 unspecified atom stereocenters. The van der Waals surface area contributed by atoms with Gasteiger partial charge in [0.2, 0.25) is 0 Å². The predicted molar refractivity (Wildman–Crippen MR) is 86.2 cm³/mol. The summed E-state index contributed by atoms with van der Waals surface area (Å²) in [6, 6.07) is 8.14. The summed E-state index contributed by atoms with van der Waals surface area (Å²) < 4.78 is 56.9. The maximum atomic E-state index is 12.9. The lowest BCUT2D eigenvalue weighted by atomic mass is 10.1. The third-order valence-corrected chi connectivity index (χ3v) is 3.62. The van der Waals surface area contributed by atoms with E-state index in [-0.39, 0.29) is 17.9 Å². The minimum atomic E-state index is -4.63. The SMILES string of the molecule is CCC(Oc1ccc(F)cc1)C(=O)Nc1ccc(Cl)c(C(F)(F)F)c1. The van der Waals surface area contributed by atoms with Crippen LogP contribution in [-0.2, 0) is 11.0 Å². The van der Waals surface area contributed by atoms with Crippen molar-refractivity contribution in [3.63, 3.8) is 0 Å². The van der Waals surface area contributed by atoms with Gasteiger partial charge < -0.3 is 10.1 Å². The van der Waals surface area contributed by atoms with E-state index in [2.05, 4.69) is 5.32 Å². The van der Waals surface area contributed by atoms with E-state index >= 15 is 0 Å². The fourth-order valence-corrected chi connectivity index (χ4v) is 2.27. The molecule has 1 amide bonds. The van der Waals surface area contributed by atoms with Crippen molar-refractivity contribution in [2.75, 3.05) is 5.32 Å². The first kappa shape index (κ1) is 19.1. The van der Waals surface area contributed by atoms with Gasteiger partial charge >= 0.3 is 6.18 Å². The van der Waals surface area contributed by atoms with Crippen LogP contribution in [-0.4, -0.2) is 12.0 Å². The molecular formula is C17H14ClF4NO2. The molecule has 1 atom stereocenters. The highest BCUT2D eigenvalue weighted by Gasteiger charge is 2.33. The molecular weight excluding hydrogens is 362 g/mol. The van der Waals surface area contributed by atoms with Gasteiger partial charge in [0.05, 0.1) is 10.6 Å². The molecule has 0 saturated carbocycles. The van der Waals surface area contributed by atoms with Crippen LogP contribution in [0.15, 0.2) is 42.5 Å². The average molecular weight is 376 g/mol. The lowest BCUT2D eigenvalue weighted by Crippen LogP contribution is -2.32. The lowest BCUT2D eigenvalue weighted by molar-refractivity contribution is -0.137. The van der Waals surface area contributed by atoms with Crippen LogP contribution in [0.2, 0.25) is 5.02 Å². The molecule has 2 rings (SSSR count). The Hall–Kier alpha value is -2.28. The first-order valence-corrected chi connectivity index (χ1v) is 7.68. The van der Waals surface area contributed by atoms with Gasteiger partial charge in [-0.05, 0) is 48.9 Å². The minimum absolute atomic E-state index is 0.0529. The molecule has 0 radical (unpaired) electrons. The smallest absolute Gasteiger partial charge is 0.417 e. The minimum Gasteiger partial charge on any atom is -0.481 e. The molecule has 0 aliphatic rings. The van der Waals surface area contributed by atoms with Crippen LogP contribution in [0.5, 0.6) is 5.75 Å². The van der Waals surface area contributed by atoms with E-state index in [4.69, 9.17) is 16.3 Å². The molecule has 8 heteroatoms.